The maximum Gasteiger partial charge on any atom is 0.274 e. The molecule has 0 aliphatic carbocycles. The van der Waals surface area contributed by atoms with Crippen molar-refractivity contribution in [2.75, 3.05) is 19.6 Å². The Bertz CT molecular complexity index is 1080. The highest BCUT2D eigenvalue weighted by Crippen LogP contribution is 2.30. The van der Waals surface area contributed by atoms with Crippen LogP contribution in [0.15, 0.2) is 47.3 Å². The average Bonchev–Trinajstić information content (AvgIpc) is 2.90. The quantitative estimate of drug-likeness (QED) is 0.672. The van der Waals surface area contributed by atoms with Gasteiger partial charge in [-0.1, -0.05) is 0 Å². The third-order valence-corrected chi connectivity index (χ3v) is 5.93. The fraction of sp³-hybridized carbons (Fsp3) is 0.364. The van der Waals surface area contributed by atoms with Crippen LogP contribution in [-0.2, 0) is 0 Å². The van der Waals surface area contributed by atoms with Crippen LogP contribution >= 0.6 is 0 Å². The zero-order chi connectivity index (χ0) is 20.0. The molecule has 1 aromatic carbocycles. The van der Waals surface area contributed by atoms with Gasteiger partial charge in [-0.2, -0.15) is 0 Å². The maximum absolute atomic E-state index is 13.3. The first-order valence-corrected chi connectivity index (χ1v) is 9.95. The molecule has 3 fully saturated rings. The van der Waals surface area contributed by atoms with Crippen LogP contribution in [0.3, 0.4) is 0 Å². The van der Waals surface area contributed by atoms with Crippen molar-refractivity contribution >= 4 is 22.8 Å². The van der Waals surface area contributed by atoms with E-state index in [4.69, 9.17) is 4.42 Å². The van der Waals surface area contributed by atoms with Gasteiger partial charge in [-0.3, -0.25) is 14.6 Å². The third kappa shape index (κ3) is 3.26. The van der Waals surface area contributed by atoms with E-state index in [0.29, 0.717) is 30.9 Å². The number of hydrogen-bond acceptors (Lipinski definition) is 5. The second kappa shape index (κ2) is 6.99. The zero-order valence-electron chi connectivity index (χ0n) is 16.2. The van der Waals surface area contributed by atoms with Gasteiger partial charge in [0.05, 0.1) is 6.20 Å². The predicted octanol–water partition coefficient (Wildman–Crippen LogP) is 2.91. The fourth-order valence-electron chi connectivity index (χ4n) is 4.54. The number of rotatable bonds is 2. The van der Waals surface area contributed by atoms with Gasteiger partial charge in [-0.15, -0.1) is 0 Å². The lowest BCUT2D eigenvalue weighted by atomic mass is 9.94. The molecule has 0 radical (unpaired) electrons. The second-order valence-corrected chi connectivity index (χ2v) is 7.97. The first-order chi connectivity index (χ1) is 14.1. The molecule has 7 heteroatoms. The number of aryl methyl sites for hydroxylation is 1. The highest BCUT2D eigenvalue weighted by molar-refractivity contribution is 5.98. The number of amides is 2. The third-order valence-electron chi connectivity index (χ3n) is 5.93. The van der Waals surface area contributed by atoms with E-state index >= 15 is 0 Å². The molecular weight excluding hydrogens is 368 g/mol. The normalized spacial score (nSPS) is 21.4. The number of aromatic nitrogens is 2. The summed E-state index contributed by atoms with van der Waals surface area (Å²) in [5, 5.41) is 0.938. The molecule has 7 nitrogen and oxygen atoms in total. The zero-order valence-corrected chi connectivity index (χ0v) is 16.2. The molecule has 2 bridgehead atoms. The summed E-state index contributed by atoms with van der Waals surface area (Å²) in [4.78, 5) is 38.1. The van der Waals surface area contributed by atoms with Gasteiger partial charge < -0.3 is 14.2 Å². The van der Waals surface area contributed by atoms with Gasteiger partial charge in [0.25, 0.3) is 11.8 Å². The molecule has 3 saturated heterocycles. The van der Waals surface area contributed by atoms with Gasteiger partial charge in [0.15, 0.2) is 0 Å². The monoisotopic (exact) mass is 390 g/mol. The lowest BCUT2D eigenvalue weighted by molar-refractivity contribution is 0.0574. The lowest BCUT2D eigenvalue weighted by Gasteiger charge is -2.36. The van der Waals surface area contributed by atoms with Crippen molar-refractivity contribution in [3.05, 3.63) is 59.9 Å². The minimum Gasteiger partial charge on any atom is -0.461 e. The molecule has 0 unspecified atom stereocenters. The molecule has 5 heterocycles. The Kier molecular flexibility index (Phi) is 4.30. The van der Waals surface area contributed by atoms with Crippen LogP contribution in [0.2, 0.25) is 0 Å². The van der Waals surface area contributed by atoms with Crippen LogP contribution in [0.5, 0.6) is 0 Å². The summed E-state index contributed by atoms with van der Waals surface area (Å²) < 4.78 is 5.62. The van der Waals surface area contributed by atoms with Crippen LogP contribution < -0.4 is 0 Å². The van der Waals surface area contributed by atoms with E-state index in [1.54, 1.807) is 6.20 Å². The van der Waals surface area contributed by atoms with Gasteiger partial charge in [0, 0.05) is 49.0 Å². The van der Waals surface area contributed by atoms with Crippen molar-refractivity contribution in [3.8, 4) is 0 Å². The number of hydrogen-bond donors (Lipinski definition) is 0. The minimum absolute atomic E-state index is 0.0173. The Hall–Kier alpha value is -3.22. The summed E-state index contributed by atoms with van der Waals surface area (Å²) in [6.07, 6.45) is 6.53. The van der Waals surface area contributed by atoms with Gasteiger partial charge in [0.1, 0.15) is 17.0 Å². The fourth-order valence-corrected chi connectivity index (χ4v) is 4.54. The Labute approximate surface area is 168 Å². The van der Waals surface area contributed by atoms with Gasteiger partial charge in [-0.25, -0.2) is 4.98 Å². The first kappa shape index (κ1) is 17.8. The van der Waals surface area contributed by atoms with E-state index < -0.39 is 0 Å². The molecule has 3 aliphatic rings. The van der Waals surface area contributed by atoms with Crippen molar-refractivity contribution in [2.24, 2.45) is 5.92 Å². The highest BCUT2D eigenvalue weighted by Gasteiger charge is 2.39. The van der Waals surface area contributed by atoms with Crippen LogP contribution in [0.4, 0.5) is 0 Å². The van der Waals surface area contributed by atoms with Crippen LogP contribution in [0, 0.1) is 12.8 Å². The van der Waals surface area contributed by atoms with Crippen molar-refractivity contribution in [2.45, 2.75) is 25.8 Å². The number of carbonyl (C=O) groups excluding carboxylic acids is 2. The average molecular weight is 390 g/mol. The number of furan rings is 1. The summed E-state index contributed by atoms with van der Waals surface area (Å²) in [7, 11) is 0. The largest absolute Gasteiger partial charge is 0.461 e. The molecule has 148 valence electrons. The number of nitrogens with zero attached hydrogens (tertiary/aromatic N) is 4. The summed E-state index contributed by atoms with van der Waals surface area (Å²) >= 11 is 0. The highest BCUT2D eigenvalue weighted by atomic mass is 16.3. The van der Waals surface area contributed by atoms with Crippen LogP contribution in [0.1, 0.15) is 39.4 Å². The topological polar surface area (TPSA) is 79.5 Å². The molecule has 0 spiro atoms. The second-order valence-electron chi connectivity index (χ2n) is 7.97. The van der Waals surface area contributed by atoms with E-state index in [0.717, 1.165) is 29.6 Å². The summed E-state index contributed by atoms with van der Waals surface area (Å²) in [6, 6.07) is 7.55. The molecule has 29 heavy (non-hydrogen) atoms. The minimum atomic E-state index is -0.111. The Morgan fingerprint density at radius 3 is 2.79 bits per heavy atom. The Morgan fingerprint density at radius 1 is 1.07 bits per heavy atom. The molecule has 2 atom stereocenters. The number of fused-ring (bicyclic) bond motifs is 5. The van der Waals surface area contributed by atoms with Gasteiger partial charge in [-0.05, 0) is 49.9 Å². The van der Waals surface area contributed by atoms with Crippen LogP contribution in [-0.4, -0.2) is 57.3 Å². The molecule has 2 aromatic heterocycles. The number of carbonyl (C=O) groups is 2. The van der Waals surface area contributed by atoms with Gasteiger partial charge in [0.2, 0.25) is 0 Å². The van der Waals surface area contributed by atoms with Crippen molar-refractivity contribution in [1.82, 2.24) is 19.8 Å². The van der Waals surface area contributed by atoms with Crippen molar-refractivity contribution < 1.29 is 14.0 Å². The van der Waals surface area contributed by atoms with Crippen molar-refractivity contribution in [3.63, 3.8) is 0 Å². The standard InChI is InChI=1S/C22H22N4O3/c1-14-8-17-9-16(3-5-20(17)29-14)21(27)26-12-15-2-4-18(26)13-25(11-15)22(28)19-10-23-6-7-24-19/h3,5-10,15,18H,2,4,11-13H2,1H3/t15-,18+/m0/s1. The molecule has 3 aromatic rings. The number of piperidine rings is 1. The van der Waals surface area contributed by atoms with Crippen LogP contribution in [0.25, 0.3) is 11.0 Å². The molecule has 3 aliphatic heterocycles. The van der Waals surface area contributed by atoms with Crippen molar-refractivity contribution in [1.29, 1.82) is 0 Å². The molecular formula is C22H22N4O3. The lowest BCUT2D eigenvalue weighted by Crippen LogP contribution is -2.47. The van der Waals surface area contributed by atoms with E-state index in [2.05, 4.69) is 9.97 Å². The SMILES string of the molecule is Cc1cc2cc(C(=O)N3C[C@H]4CC[C@@H]3CN(C(=O)c3cnccn3)C4)ccc2o1. The van der Waals surface area contributed by atoms with E-state index in [1.807, 2.05) is 41.0 Å². The van der Waals surface area contributed by atoms with E-state index in [1.165, 1.54) is 12.4 Å². The predicted molar refractivity (Wildman–Crippen MR) is 106 cm³/mol. The smallest absolute Gasteiger partial charge is 0.274 e. The number of benzene rings is 1. The molecule has 6 rings (SSSR count). The Morgan fingerprint density at radius 2 is 1.97 bits per heavy atom. The summed E-state index contributed by atoms with van der Waals surface area (Å²) in [6.45, 7) is 3.76. The summed E-state index contributed by atoms with van der Waals surface area (Å²) in [5.74, 6) is 1.02. The molecule has 0 N–H and O–H groups in total. The van der Waals surface area contributed by atoms with E-state index in [-0.39, 0.29) is 23.8 Å². The van der Waals surface area contributed by atoms with E-state index in [9.17, 15) is 9.59 Å². The summed E-state index contributed by atoms with van der Waals surface area (Å²) in [5.41, 5.74) is 1.81. The maximum atomic E-state index is 13.3. The molecule has 0 saturated carbocycles. The van der Waals surface area contributed by atoms with Gasteiger partial charge >= 0.3 is 0 Å². The first-order valence-electron chi connectivity index (χ1n) is 9.95. The molecule has 2 amide bonds. The Balaban J connectivity index is 1.39.